The van der Waals surface area contributed by atoms with Crippen molar-refractivity contribution in [3.63, 3.8) is 0 Å². The van der Waals surface area contributed by atoms with Crippen LogP contribution >= 0.6 is 0 Å². The van der Waals surface area contributed by atoms with Crippen molar-refractivity contribution in [2.45, 2.75) is 32.7 Å². The summed E-state index contributed by atoms with van der Waals surface area (Å²) in [5.74, 6) is 0.490. The van der Waals surface area contributed by atoms with Gasteiger partial charge in [-0.25, -0.2) is 0 Å². The second kappa shape index (κ2) is 6.59. The summed E-state index contributed by atoms with van der Waals surface area (Å²) in [6, 6.07) is 13.3. The second-order valence-electron chi connectivity index (χ2n) is 6.84. The molecule has 0 bridgehead atoms. The molecule has 0 aromatic heterocycles. The standard InChI is InChI=1S/C20H22N2O3/c1-13-5-4-6-15(9-13)25-12-18(23)21-11-14-7-8-17-16(10-14)20(2,3)19(24)22-17/h4-10H,11-12H2,1-3H3,(H,21,23)(H,22,24). The largest absolute Gasteiger partial charge is 0.484 e. The zero-order valence-corrected chi connectivity index (χ0v) is 14.7. The third-order valence-corrected chi connectivity index (χ3v) is 4.42. The van der Waals surface area contributed by atoms with Crippen LogP contribution in [0.25, 0.3) is 0 Å². The Morgan fingerprint density at radius 3 is 2.76 bits per heavy atom. The molecule has 3 rings (SSSR count). The van der Waals surface area contributed by atoms with Gasteiger partial charge >= 0.3 is 0 Å². The molecule has 0 spiro atoms. The first kappa shape index (κ1) is 17.0. The Hall–Kier alpha value is -2.82. The number of amides is 2. The van der Waals surface area contributed by atoms with Gasteiger partial charge in [-0.3, -0.25) is 9.59 Å². The van der Waals surface area contributed by atoms with Gasteiger partial charge in [0.25, 0.3) is 5.91 Å². The van der Waals surface area contributed by atoms with E-state index in [9.17, 15) is 9.59 Å². The molecule has 0 aliphatic carbocycles. The summed E-state index contributed by atoms with van der Waals surface area (Å²) in [5.41, 5.74) is 3.28. The van der Waals surface area contributed by atoms with Crippen LogP contribution in [-0.4, -0.2) is 18.4 Å². The van der Waals surface area contributed by atoms with Crippen molar-refractivity contribution in [3.05, 3.63) is 59.2 Å². The third-order valence-electron chi connectivity index (χ3n) is 4.42. The molecule has 2 N–H and O–H groups in total. The first-order valence-corrected chi connectivity index (χ1v) is 8.27. The molecular weight excluding hydrogens is 316 g/mol. The SMILES string of the molecule is Cc1cccc(OCC(=O)NCc2ccc3c(c2)C(C)(C)C(=O)N3)c1. The number of nitrogens with one attached hydrogen (secondary N) is 2. The van der Waals surface area contributed by atoms with Gasteiger partial charge in [-0.2, -0.15) is 0 Å². The van der Waals surface area contributed by atoms with E-state index in [4.69, 9.17) is 4.74 Å². The van der Waals surface area contributed by atoms with E-state index < -0.39 is 5.41 Å². The van der Waals surface area contributed by atoms with Crippen LogP contribution in [0.3, 0.4) is 0 Å². The summed E-state index contributed by atoms with van der Waals surface area (Å²) in [5, 5.41) is 5.72. The fourth-order valence-corrected chi connectivity index (χ4v) is 2.83. The number of rotatable bonds is 5. The number of benzene rings is 2. The number of hydrogen-bond acceptors (Lipinski definition) is 3. The van der Waals surface area contributed by atoms with Crippen molar-refractivity contribution in [2.24, 2.45) is 0 Å². The van der Waals surface area contributed by atoms with Crippen LogP contribution in [0.5, 0.6) is 5.75 Å². The molecule has 2 aromatic rings. The van der Waals surface area contributed by atoms with Gasteiger partial charge in [-0.05, 0) is 55.7 Å². The van der Waals surface area contributed by atoms with Crippen LogP contribution in [0, 0.1) is 6.92 Å². The molecule has 5 heteroatoms. The van der Waals surface area contributed by atoms with Crippen LogP contribution in [0.2, 0.25) is 0 Å². The number of aryl methyl sites for hydroxylation is 1. The molecule has 1 aliphatic heterocycles. The van der Waals surface area contributed by atoms with E-state index >= 15 is 0 Å². The zero-order valence-electron chi connectivity index (χ0n) is 14.7. The van der Waals surface area contributed by atoms with E-state index in [0.717, 1.165) is 22.4 Å². The Morgan fingerprint density at radius 2 is 2.00 bits per heavy atom. The highest BCUT2D eigenvalue weighted by molar-refractivity contribution is 6.05. The molecule has 2 amide bonds. The lowest BCUT2D eigenvalue weighted by Gasteiger charge is -2.16. The van der Waals surface area contributed by atoms with E-state index in [-0.39, 0.29) is 18.4 Å². The fourth-order valence-electron chi connectivity index (χ4n) is 2.83. The summed E-state index contributed by atoms with van der Waals surface area (Å²) >= 11 is 0. The highest BCUT2D eigenvalue weighted by atomic mass is 16.5. The number of fused-ring (bicyclic) bond motifs is 1. The summed E-state index contributed by atoms with van der Waals surface area (Å²) < 4.78 is 5.49. The van der Waals surface area contributed by atoms with Crippen LogP contribution in [-0.2, 0) is 21.5 Å². The Bertz CT molecular complexity index is 827. The molecule has 130 valence electrons. The molecule has 0 unspecified atom stereocenters. The van der Waals surface area contributed by atoms with Gasteiger partial charge in [0, 0.05) is 12.2 Å². The van der Waals surface area contributed by atoms with Gasteiger partial charge in [0.1, 0.15) is 5.75 Å². The van der Waals surface area contributed by atoms with Crippen molar-refractivity contribution < 1.29 is 14.3 Å². The zero-order chi connectivity index (χ0) is 18.0. The van der Waals surface area contributed by atoms with Crippen molar-refractivity contribution in [1.29, 1.82) is 0 Å². The Kier molecular flexibility index (Phi) is 4.49. The van der Waals surface area contributed by atoms with Crippen LogP contribution in [0.4, 0.5) is 5.69 Å². The van der Waals surface area contributed by atoms with Gasteiger partial charge in [0.15, 0.2) is 6.61 Å². The van der Waals surface area contributed by atoms with Crippen LogP contribution in [0.15, 0.2) is 42.5 Å². The number of anilines is 1. The monoisotopic (exact) mass is 338 g/mol. The predicted octanol–water partition coefficient (Wildman–Crippen LogP) is 2.92. The Morgan fingerprint density at radius 1 is 1.20 bits per heavy atom. The maximum absolute atomic E-state index is 12.0. The molecule has 0 saturated heterocycles. The minimum Gasteiger partial charge on any atom is -0.484 e. The smallest absolute Gasteiger partial charge is 0.258 e. The summed E-state index contributed by atoms with van der Waals surface area (Å²) in [7, 11) is 0. The van der Waals surface area contributed by atoms with Gasteiger partial charge in [0.2, 0.25) is 5.91 Å². The molecule has 2 aromatic carbocycles. The van der Waals surface area contributed by atoms with Gasteiger partial charge < -0.3 is 15.4 Å². The maximum atomic E-state index is 12.0. The highest BCUT2D eigenvalue weighted by Gasteiger charge is 2.38. The molecular formula is C20H22N2O3. The Balaban J connectivity index is 1.56. The van der Waals surface area contributed by atoms with Crippen molar-refractivity contribution >= 4 is 17.5 Å². The molecule has 5 nitrogen and oxygen atoms in total. The normalized spacial score (nSPS) is 14.6. The van der Waals surface area contributed by atoms with Gasteiger partial charge in [-0.1, -0.05) is 24.3 Å². The average molecular weight is 338 g/mol. The van der Waals surface area contributed by atoms with E-state index in [1.54, 1.807) is 0 Å². The van der Waals surface area contributed by atoms with Crippen LogP contribution < -0.4 is 15.4 Å². The van der Waals surface area contributed by atoms with E-state index in [2.05, 4.69) is 10.6 Å². The number of ether oxygens (including phenoxy) is 1. The van der Waals surface area contributed by atoms with Gasteiger partial charge in [0.05, 0.1) is 5.41 Å². The van der Waals surface area contributed by atoms with Crippen molar-refractivity contribution in [1.82, 2.24) is 5.32 Å². The predicted molar refractivity (Wildman–Crippen MR) is 96.6 cm³/mol. The molecule has 0 radical (unpaired) electrons. The van der Waals surface area contributed by atoms with Gasteiger partial charge in [-0.15, -0.1) is 0 Å². The lowest BCUT2D eigenvalue weighted by Crippen LogP contribution is -2.29. The summed E-state index contributed by atoms with van der Waals surface area (Å²) in [4.78, 5) is 24.0. The molecule has 1 heterocycles. The first-order chi connectivity index (χ1) is 11.9. The average Bonchev–Trinajstić information content (AvgIpc) is 2.80. The second-order valence-corrected chi connectivity index (χ2v) is 6.84. The number of hydrogen-bond donors (Lipinski definition) is 2. The van der Waals surface area contributed by atoms with Crippen LogP contribution in [0.1, 0.15) is 30.5 Å². The van der Waals surface area contributed by atoms with Crippen molar-refractivity contribution in [3.8, 4) is 5.75 Å². The van der Waals surface area contributed by atoms with E-state index in [1.165, 1.54) is 0 Å². The lowest BCUT2D eigenvalue weighted by molar-refractivity contribution is -0.123. The van der Waals surface area contributed by atoms with Crippen molar-refractivity contribution in [2.75, 3.05) is 11.9 Å². The quantitative estimate of drug-likeness (QED) is 0.881. The maximum Gasteiger partial charge on any atom is 0.258 e. The molecule has 25 heavy (non-hydrogen) atoms. The molecule has 0 saturated carbocycles. The minimum atomic E-state index is -0.552. The first-order valence-electron chi connectivity index (χ1n) is 8.27. The summed E-state index contributed by atoms with van der Waals surface area (Å²) in [6.45, 7) is 6.13. The molecule has 0 fully saturated rings. The number of carbonyl (C=O) groups is 2. The molecule has 1 aliphatic rings. The molecule has 0 atom stereocenters. The number of carbonyl (C=O) groups excluding carboxylic acids is 2. The summed E-state index contributed by atoms with van der Waals surface area (Å²) in [6.07, 6.45) is 0. The van der Waals surface area contributed by atoms with E-state index in [1.807, 2.05) is 63.2 Å². The topological polar surface area (TPSA) is 67.4 Å². The lowest BCUT2D eigenvalue weighted by atomic mass is 9.85. The Labute approximate surface area is 147 Å². The highest BCUT2D eigenvalue weighted by Crippen LogP contribution is 2.37. The minimum absolute atomic E-state index is 0.00441. The fraction of sp³-hybridized carbons (Fsp3) is 0.300. The third kappa shape index (κ3) is 3.65. The van der Waals surface area contributed by atoms with E-state index in [0.29, 0.717) is 12.3 Å².